The van der Waals surface area contributed by atoms with Crippen molar-refractivity contribution in [1.29, 1.82) is 0 Å². The summed E-state index contributed by atoms with van der Waals surface area (Å²) in [7, 11) is 0. The molecule has 3 aliphatic carbocycles. The van der Waals surface area contributed by atoms with Crippen LogP contribution >= 0.6 is 17.0 Å². The summed E-state index contributed by atoms with van der Waals surface area (Å²) in [5.74, 6) is 0. The van der Waals surface area contributed by atoms with Crippen LogP contribution < -0.4 is 0 Å². The van der Waals surface area contributed by atoms with Gasteiger partial charge in [-0.15, -0.1) is 17.0 Å². The average Bonchev–Trinajstić information content (AvgIpc) is 3.02. The summed E-state index contributed by atoms with van der Waals surface area (Å²) < 4.78 is 4.02. The third-order valence-electron chi connectivity index (χ3n) is 5.48. The van der Waals surface area contributed by atoms with E-state index in [1.54, 1.807) is 77.0 Å². The molecule has 0 nitrogen and oxygen atoms in total. The van der Waals surface area contributed by atoms with E-state index in [0.29, 0.717) is 0 Å². The second kappa shape index (κ2) is 7.17. The molecule has 0 aromatic carbocycles. The van der Waals surface area contributed by atoms with Crippen LogP contribution in [-0.4, -0.2) is 19.8 Å². The molecule has 0 N–H and O–H groups in total. The first-order valence-corrected chi connectivity index (χ1v) is 12.8. The molecule has 0 spiro atoms. The van der Waals surface area contributed by atoms with E-state index < -0.39 is 19.8 Å². The van der Waals surface area contributed by atoms with Gasteiger partial charge in [-0.25, -0.2) is 0 Å². The first-order chi connectivity index (χ1) is 7.95. The Labute approximate surface area is 125 Å². The third kappa shape index (κ3) is 3.43. The van der Waals surface area contributed by atoms with Crippen molar-refractivity contribution in [3.05, 3.63) is 0 Å². The number of hydrogen-bond acceptors (Lipinski definition) is 0. The van der Waals surface area contributed by atoms with E-state index in [4.69, 9.17) is 0 Å². The van der Waals surface area contributed by atoms with E-state index >= 15 is 0 Å². The fourth-order valence-corrected chi connectivity index (χ4v) is 19.7. The van der Waals surface area contributed by atoms with E-state index in [1.165, 1.54) is 11.8 Å². The van der Waals surface area contributed by atoms with Crippen molar-refractivity contribution in [1.82, 2.24) is 0 Å². The van der Waals surface area contributed by atoms with Gasteiger partial charge in [0.1, 0.15) is 0 Å². The first kappa shape index (κ1) is 14.7. The molecule has 0 bridgehead atoms. The molecule has 0 unspecified atom stereocenters. The second-order valence-corrected chi connectivity index (χ2v) is 16.3. The predicted octanol–water partition coefficient (Wildman–Crippen LogP) is 5.89. The molecule has 3 fully saturated rings. The summed E-state index contributed by atoms with van der Waals surface area (Å²) in [6.45, 7) is 0. The number of halogens is 1. The van der Waals surface area contributed by atoms with Gasteiger partial charge in [0.05, 0.1) is 0 Å². The summed E-state index contributed by atoms with van der Waals surface area (Å²) in [6, 6.07) is 0. The molecule has 1 radical (unpaired) electrons. The summed E-state index contributed by atoms with van der Waals surface area (Å²) in [4.78, 5) is 0. The van der Waals surface area contributed by atoms with Gasteiger partial charge in [0, 0.05) is 0 Å². The molecule has 0 amide bonds. The van der Waals surface area contributed by atoms with Gasteiger partial charge in [-0.2, -0.15) is 0 Å². The van der Waals surface area contributed by atoms with Crippen molar-refractivity contribution in [2.24, 2.45) is 0 Å². The molecule has 17 heavy (non-hydrogen) atoms. The fourth-order valence-electron chi connectivity index (χ4n) is 4.78. The molecule has 0 heterocycles. The van der Waals surface area contributed by atoms with Gasteiger partial charge in [-0.3, -0.25) is 0 Å². The number of hydrogen-bond donors (Lipinski definition) is 0. The molecule has 0 aromatic rings. The van der Waals surface area contributed by atoms with Crippen LogP contribution in [0.5, 0.6) is 0 Å². The predicted molar refractivity (Wildman–Crippen MR) is 82.7 cm³/mol. The Morgan fingerprint density at radius 2 is 0.706 bits per heavy atom. The Hall–Kier alpha value is 1.28. The van der Waals surface area contributed by atoms with Crippen LogP contribution in [0.15, 0.2) is 0 Å². The normalized spacial score (nSPS) is 28.1. The molecule has 0 saturated heterocycles. The van der Waals surface area contributed by atoms with Crippen LogP contribution in [0.1, 0.15) is 77.0 Å². The van der Waals surface area contributed by atoms with Gasteiger partial charge in [-0.1, -0.05) is 0 Å². The van der Waals surface area contributed by atoms with Crippen LogP contribution in [0.2, 0.25) is 11.8 Å². The van der Waals surface area contributed by atoms with Crippen LogP contribution in [0.4, 0.5) is 0 Å². The maximum atomic E-state index is 1.67. The van der Waals surface area contributed by atoms with E-state index in [9.17, 15) is 0 Å². The molecule has 0 atom stereocenters. The molecular weight excluding hydrogens is 379 g/mol. The molecule has 2 heteroatoms. The van der Waals surface area contributed by atoms with E-state index in [2.05, 4.69) is 0 Å². The van der Waals surface area contributed by atoms with Gasteiger partial charge in [-0.05, 0) is 0 Å². The quantitative estimate of drug-likeness (QED) is 0.512. The monoisotopic (exact) mass is 407 g/mol. The van der Waals surface area contributed by atoms with Gasteiger partial charge >= 0.3 is 109 Å². The summed E-state index contributed by atoms with van der Waals surface area (Å²) in [6.07, 6.45) is 19.6. The molecule has 3 saturated carbocycles. The summed E-state index contributed by atoms with van der Waals surface area (Å²) in [5.41, 5.74) is 0. The molecule has 3 rings (SSSR count). The Bertz CT molecular complexity index is 175. The zero-order valence-electron chi connectivity index (χ0n) is 11.1. The van der Waals surface area contributed by atoms with Gasteiger partial charge in [0.15, 0.2) is 0 Å². The topological polar surface area (TPSA) is 0 Å². The second-order valence-electron chi connectivity index (χ2n) is 6.44. The van der Waals surface area contributed by atoms with Crippen LogP contribution in [0.25, 0.3) is 0 Å². The zero-order valence-corrected chi connectivity index (χ0v) is 15.7. The van der Waals surface area contributed by atoms with E-state index in [-0.39, 0.29) is 17.0 Å². The minimum atomic E-state index is -1.04. The molecule has 0 aromatic heterocycles. The Balaban J connectivity index is 0.00000108. The van der Waals surface area contributed by atoms with Crippen molar-refractivity contribution in [3.8, 4) is 0 Å². The fraction of sp³-hybridized carbons (Fsp3) is 1.00. The molecular formula is C15H28BrSn. The molecule has 3 aliphatic rings. The van der Waals surface area contributed by atoms with E-state index in [0.717, 1.165) is 0 Å². The Morgan fingerprint density at radius 3 is 0.941 bits per heavy atom. The van der Waals surface area contributed by atoms with Gasteiger partial charge in [0.2, 0.25) is 0 Å². The Kier molecular flexibility index (Phi) is 6.19. The third-order valence-corrected chi connectivity index (χ3v) is 18.5. The van der Waals surface area contributed by atoms with Crippen molar-refractivity contribution in [3.63, 3.8) is 0 Å². The van der Waals surface area contributed by atoms with Crippen molar-refractivity contribution in [2.75, 3.05) is 0 Å². The van der Waals surface area contributed by atoms with Crippen molar-refractivity contribution < 1.29 is 0 Å². The molecule has 0 aliphatic heterocycles. The summed E-state index contributed by atoms with van der Waals surface area (Å²) >= 11 is -1.04. The van der Waals surface area contributed by atoms with Crippen LogP contribution in [-0.2, 0) is 0 Å². The standard InChI is InChI=1S/3C5H9.BrH.Sn/c3*1-2-4-5-3-1;;/h3*1H,2-5H2;1H;. The molecule has 99 valence electrons. The van der Waals surface area contributed by atoms with Crippen molar-refractivity contribution in [2.45, 2.75) is 88.9 Å². The van der Waals surface area contributed by atoms with Crippen LogP contribution in [0, 0.1) is 0 Å². The van der Waals surface area contributed by atoms with Crippen molar-refractivity contribution >= 4 is 36.7 Å². The SMILES string of the molecule is Br.C1CC[CH]([Sn]([CH]2CCCC2)[CH]2CCCC2)C1. The first-order valence-electron chi connectivity index (χ1n) is 7.82. The average molecular weight is 407 g/mol. The number of rotatable bonds is 3. The van der Waals surface area contributed by atoms with E-state index in [1.807, 2.05) is 0 Å². The van der Waals surface area contributed by atoms with Gasteiger partial charge < -0.3 is 0 Å². The Morgan fingerprint density at radius 1 is 0.471 bits per heavy atom. The maximum absolute atomic E-state index is 1.67. The zero-order chi connectivity index (χ0) is 10.8. The summed E-state index contributed by atoms with van der Waals surface area (Å²) in [5, 5.41) is 0. The van der Waals surface area contributed by atoms with Crippen LogP contribution in [0.3, 0.4) is 0 Å². The van der Waals surface area contributed by atoms with Gasteiger partial charge in [0.25, 0.3) is 0 Å². The minimum absolute atomic E-state index is 0.